The third-order valence-electron chi connectivity index (χ3n) is 3.73. The van der Waals surface area contributed by atoms with Crippen molar-refractivity contribution in [2.24, 2.45) is 0 Å². The van der Waals surface area contributed by atoms with Crippen molar-refractivity contribution >= 4 is 18.7 Å². The first kappa shape index (κ1) is 28.7. The summed E-state index contributed by atoms with van der Waals surface area (Å²) < 4.78 is 16.1. The Morgan fingerprint density at radius 1 is 0.929 bits per heavy atom. The Bertz CT molecular complexity index is 404. The Labute approximate surface area is 170 Å². The highest BCUT2D eigenvalue weighted by Gasteiger charge is 2.28. The van der Waals surface area contributed by atoms with Gasteiger partial charge in [-0.3, -0.25) is 9.59 Å². The van der Waals surface area contributed by atoms with E-state index in [0.717, 1.165) is 32.4 Å². The SMILES string of the molecule is C=O.CC.CN(C)CCCC(=O)OCC1CCC(OC(=O)CCCN(C)C)O1. The second-order valence-electron chi connectivity index (χ2n) is 6.75. The molecule has 166 valence electrons. The molecule has 1 heterocycles. The van der Waals surface area contributed by atoms with E-state index in [1.807, 2.05) is 58.6 Å². The van der Waals surface area contributed by atoms with Gasteiger partial charge >= 0.3 is 11.9 Å². The molecule has 2 unspecified atom stereocenters. The maximum atomic E-state index is 11.7. The van der Waals surface area contributed by atoms with Crippen molar-refractivity contribution in [2.75, 3.05) is 47.9 Å². The van der Waals surface area contributed by atoms with E-state index in [9.17, 15) is 9.59 Å². The lowest BCUT2D eigenvalue weighted by molar-refractivity contribution is -0.180. The van der Waals surface area contributed by atoms with Gasteiger partial charge in [0.1, 0.15) is 13.4 Å². The molecule has 0 aromatic carbocycles. The third-order valence-corrected chi connectivity index (χ3v) is 3.73. The van der Waals surface area contributed by atoms with Crippen molar-refractivity contribution in [3.05, 3.63) is 0 Å². The van der Waals surface area contributed by atoms with Crippen molar-refractivity contribution in [1.82, 2.24) is 9.80 Å². The summed E-state index contributed by atoms with van der Waals surface area (Å²) >= 11 is 0. The Morgan fingerprint density at radius 2 is 1.43 bits per heavy atom. The van der Waals surface area contributed by atoms with Gasteiger partial charge in [-0.2, -0.15) is 0 Å². The van der Waals surface area contributed by atoms with Gasteiger partial charge in [0, 0.05) is 19.3 Å². The minimum Gasteiger partial charge on any atom is -0.463 e. The quantitative estimate of drug-likeness (QED) is 0.484. The molecule has 0 radical (unpaired) electrons. The average Bonchev–Trinajstić information content (AvgIpc) is 3.10. The van der Waals surface area contributed by atoms with Crippen LogP contribution in [-0.2, 0) is 28.6 Å². The van der Waals surface area contributed by atoms with Crippen LogP contribution in [0.5, 0.6) is 0 Å². The summed E-state index contributed by atoms with van der Waals surface area (Å²) in [4.78, 5) is 35.4. The van der Waals surface area contributed by atoms with Crippen LogP contribution in [0.15, 0.2) is 0 Å². The highest BCUT2D eigenvalue weighted by atomic mass is 16.7. The molecular formula is C20H40N2O6. The highest BCUT2D eigenvalue weighted by Crippen LogP contribution is 2.21. The first-order valence-corrected chi connectivity index (χ1v) is 9.95. The van der Waals surface area contributed by atoms with Crippen molar-refractivity contribution in [3.63, 3.8) is 0 Å². The van der Waals surface area contributed by atoms with E-state index in [4.69, 9.17) is 19.0 Å². The van der Waals surface area contributed by atoms with Gasteiger partial charge in [0.2, 0.25) is 6.29 Å². The molecule has 8 heteroatoms. The van der Waals surface area contributed by atoms with Crippen LogP contribution in [0.1, 0.15) is 52.4 Å². The minimum atomic E-state index is -0.505. The van der Waals surface area contributed by atoms with Crippen LogP contribution >= 0.6 is 0 Å². The predicted octanol–water partition coefficient (Wildman–Crippen LogP) is 2.10. The molecule has 0 aromatic heterocycles. The lowest BCUT2D eigenvalue weighted by Crippen LogP contribution is -2.23. The highest BCUT2D eigenvalue weighted by molar-refractivity contribution is 5.69. The van der Waals surface area contributed by atoms with Gasteiger partial charge < -0.3 is 28.8 Å². The zero-order chi connectivity index (χ0) is 21.9. The maximum Gasteiger partial charge on any atom is 0.308 e. The number of ether oxygens (including phenoxy) is 3. The molecule has 1 aliphatic heterocycles. The molecule has 0 amide bonds. The van der Waals surface area contributed by atoms with Gasteiger partial charge in [-0.15, -0.1) is 0 Å². The molecule has 0 N–H and O–H groups in total. The number of carbonyl (C=O) groups is 3. The molecule has 0 bridgehead atoms. The van der Waals surface area contributed by atoms with E-state index < -0.39 is 6.29 Å². The van der Waals surface area contributed by atoms with E-state index in [0.29, 0.717) is 19.3 Å². The lowest BCUT2D eigenvalue weighted by Gasteiger charge is -2.15. The van der Waals surface area contributed by atoms with Crippen LogP contribution in [0.2, 0.25) is 0 Å². The van der Waals surface area contributed by atoms with Crippen molar-refractivity contribution in [1.29, 1.82) is 0 Å². The first-order chi connectivity index (χ1) is 13.4. The van der Waals surface area contributed by atoms with Gasteiger partial charge in [0.05, 0.1) is 6.10 Å². The molecule has 0 spiro atoms. The Hall–Kier alpha value is -1.51. The number of nitrogens with zero attached hydrogens (tertiary/aromatic N) is 2. The smallest absolute Gasteiger partial charge is 0.308 e. The van der Waals surface area contributed by atoms with Crippen LogP contribution in [0, 0.1) is 0 Å². The van der Waals surface area contributed by atoms with Crippen LogP contribution in [0.4, 0.5) is 0 Å². The normalized spacial score (nSPS) is 18.0. The van der Waals surface area contributed by atoms with Crippen LogP contribution in [0.3, 0.4) is 0 Å². The van der Waals surface area contributed by atoms with Crippen LogP contribution in [0.25, 0.3) is 0 Å². The van der Waals surface area contributed by atoms with Gasteiger partial charge in [0.25, 0.3) is 0 Å². The topological polar surface area (TPSA) is 85.4 Å². The number of carbonyl (C=O) groups excluding carboxylic acids is 3. The molecule has 0 saturated carbocycles. The monoisotopic (exact) mass is 404 g/mol. The third kappa shape index (κ3) is 16.6. The molecule has 1 aliphatic rings. The molecule has 1 fully saturated rings. The summed E-state index contributed by atoms with van der Waals surface area (Å²) in [6.07, 6.45) is 3.07. The summed E-state index contributed by atoms with van der Waals surface area (Å²) in [5, 5.41) is 0. The number of rotatable bonds is 11. The summed E-state index contributed by atoms with van der Waals surface area (Å²) in [7, 11) is 7.88. The summed E-state index contributed by atoms with van der Waals surface area (Å²) in [6.45, 7) is 7.95. The van der Waals surface area contributed by atoms with Crippen LogP contribution in [-0.4, -0.2) is 88.8 Å². The molecule has 8 nitrogen and oxygen atoms in total. The van der Waals surface area contributed by atoms with Gasteiger partial charge in [-0.25, -0.2) is 0 Å². The van der Waals surface area contributed by atoms with Gasteiger partial charge in [-0.05, 0) is 60.5 Å². The lowest BCUT2D eigenvalue weighted by atomic mass is 10.2. The zero-order valence-electron chi connectivity index (χ0n) is 18.6. The Kier molecular flexibility index (Phi) is 19.3. The summed E-state index contributed by atoms with van der Waals surface area (Å²) in [5.74, 6) is -0.437. The van der Waals surface area contributed by atoms with Crippen LogP contribution < -0.4 is 0 Å². The second-order valence-corrected chi connectivity index (χ2v) is 6.75. The maximum absolute atomic E-state index is 11.7. The van der Waals surface area contributed by atoms with Gasteiger partial charge in [-0.1, -0.05) is 13.8 Å². The van der Waals surface area contributed by atoms with E-state index in [1.165, 1.54) is 0 Å². The Morgan fingerprint density at radius 3 is 1.93 bits per heavy atom. The van der Waals surface area contributed by atoms with Gasteiger partial charge in [0.15, 0.2) is 0 Å². The standard InChI is InChI=1S/C17H32N2O5.C2H6.CH2O/c1-18(2)11-5-7-15(20)22-13-14-9-10-17(23-14)24-16(21)8-6-12-19(3)4;2*1-2/h14,17H,5-13H2,1-4H3;1-2H3;1H2. The number of hydrogen-bond acceptors (Lipinski definition) is 8. The van der Waals surface area contributed by atoms with E-state index in [1.54, 1.807) is 0 Å². The summed E-state index contributed by atoms with van der Waals surface area (Å²) in [6, 6.07) is 0. The first-order valence-electron chi connectivity index (χ1n) is 9.95. The number of esters is 2. The number of hydrogen-bond donors (Lipinski definition) is 0. The fourth-order valence-electron chi connectivity index (χ4n) is 2.42. The molecule has 0 aliphatic carbocycles. The molecule has 1 rings (SSSR count). The summed E-state index contributed by atoms with van der Waals surface area (Å²) in [5.41, 5.74) is 0. The Balaban J connectivity index is 0. The molecule has 1 saturated heterocycles. The molecule has 0 aromatic rings. The minimum absolute atomic E-state index is 0.178. The fourth-order valence-corrected chi connectivity index (χ4v) is 2.42. The molecule has 28 heavy (non-hydrogen) atoms. The van der Waals surface area contributed by atoms with Crippen molar-refractivity contribution in [2.45, 2.75) is 64.8 Å². The molecular weight excluding hydrogens is 364 g/mol. The van der Waals surface area contributed by atoms with Crippen molar-refractivity contribution < 1.29 is 28.6 Å². The average molecular weight is 405 g/mol. The fraction of sp³-hybridized carbons (Fsp3) is 0.850. The van der Waals surface area contributed by atoms with Crippen molar-refractivity contribution in [3.8, 4) is 0 Å². The largest absolute Gasteiger partial charge is 0.463 e. The predicted molar refractivity (Wildman–Crippen MR) is 109 cm³/mol. The van der Waals surface area contributed by atoms with E-state index in [-0.39, 0.29) is 24.6 Å². The van der Waals surface area contributed by atoms with E-state index in [2.05, 4.69) is 0 Å². The molecule has 2 atom stereocenters. The van der Waals surface area contributed by atoms with E-state index >= 15 is 0 Å². The zero-order valence-corrected chi connectivity index (χ0v) is 18.6. The second kappa shape index (κ2) is 18.8.